The highest BCUT2D eigenvalue weighted by atomic mass is 31.2. The van der Waals surface area contributed by atoms with Crippen molar-refractivity contribution in [2.45, 2.75) is 77.7 Å². The largest absolute Gasteiger partial charge is 0.374 e. The average Bonchev–Trinajstić information content (AvgIpc) is 3.27. The van der Waals surface area contributed by atoms with Gasteiger partial charge in [0, 0.05) is 24.8 Å². The number of halogens is 1. The molecule has 3 rings (SSSR count). The number of nitrogens with zero attached hydrogens (tertiary/aromatic N) is 4. The maximum atomic E-state index is 15.1. The van der Waals surface area contributed by atoms with E-state index in [0.29, 0.717) is 12.0 Å². The maximum absolute atomic E-state index is 15.1. The predicted molar refractivity (Wildman–Crippen MR) is 149 cm³/mol. The molecule has 11 nitrogen and oxygen atoms in total. The number of aromatic nitrogens is 2. The molecule has 0 radical (unpaired) electrons. The molecular weight excluding hydrogens is 540 g/mol. The van der Waals surface area contributed by atoms with Crippen molar-refractivity contribution in [2.75, 3.05) is 25.6 Å². The Morgan fingerprint density at radius 1 is 1.25 bits per heavy atom. The quantitative estimate of drug-likeness (QED) is 0.209. The van der Waals surface area contributed by atoms with Gasteiger partial charge in [-0.15, -0.1) is 0 Å². The monoisotopic (exact) mass is 577 g/mol. The molecule has 2 heterocycles. The molecule has 0 spiro atoms. The number of rotatable bonds is 13. The molecule has 1 unspecified atom stereocenters. The lowest BCUT2D eigenvalue weighted by Gasteiger charge is -2.38. The highest BCUT2D eigenvalue weighted by Gasteiger charge is 2.49. The molecule has 13 heteroatoms. The van der Waals surface area contributed by atoms with Crippen LogP contribution in [0.1, 0.15) is 57.6 Å². The van der Waals surface area contributed by atoms with Crippen LogP contribution in [0.15, 0.2) is 41.3 Å². The standard InChI is InChI=1S/C27H37FN5O6P/c1-8-21-22(39-40(37-15-14-29-6)33(17(2)3)18(4)5)23(36-7)26(38-21)32-16-20(28)24(31-27(32)35)30-25(34)19-12-10-9-11-13-19/h9-13,16-18,21-23,26H,8,14-15H2,1-5,7H3,(H,30,31,34,35)/t21-,22-,23-,26-,40?/m1/s1. The average molecular weight is 578 g/mol. The molecule has 1 amide bonds. The number of anilines is 1. The van der Waals surface area contributed by atoms with Gasteiger partial charge in [0.15, 0.2) is 17.9 Å². The van der Waals surface area contributed by atoms with Gasteiger partial charge in [-0.05, 0) is 46.2 Å². The summed E-state index contributed by atoms with van der Waals surface area (Å²) in [5.41, 5.74) is -0.530. The summed E-state index contributed by atoms with van der Waals surface area (Å²) in [5.74, 6) is -1.99. The van der Waals surface area contributed by atoms with Crippen molar-refractivity contribution in [2.24, 2.45) is 0 Å². The maximum Gasteiger partial charge on any atom is 0.351 e. The summed E-state index contributed by atoms with van der Waals surface area (Å²) in [6.07, 6.45) is -1.54. The zero-order chi connectivity index (χ0) is 29.4. The van der Waals surface area contributed by atoms with E-state index in [9.17, 15) is 9.59 Å². The fourth-order valence-electron chi connectivity index (χ4n) is 4.52. The molecule has 5 atom stereocenters. The molecule has 1 aliphatic heterocycles. The van der Waals surface area contributed by atoms with Gasteiger partial charge in [-0.3, -0.25) is 9.36 Å². The summed E-state index contributed by atoms with van der Waals surface area (Å²) in [4.78, 5) is 32.7. The number of benzene rings is 1. The van der Waals surface area contributed by atoms with Crippen molar-refractivity contribution in [3.63, 3.8) is 0 Å². The fraction of sp³-hybridized carbons (Fsp3) is 0.556. The first-order valence-corrected chi connectivity index (χ1v) is 14.3. The Morgan fingerprint density at radius 3 is 2.50 bits per heavy atom. The van der Waals surface area contributed by atoms with Gasteiger partial charge in [-0.1, -0.05) is 25.1 Å². The van der Waals surface area contributed by atoms with Crippen molar-refractivity contribution in [1.29, 1.82) is 0 Å². The summed E-state index contributed by atoms with van der Waals surface area (Å²) in [5, 5.41) is 2.35. The van der Waals surface area contributed by atoms with Crippen molar-refractivity contribution >= 4 is 20.3 Å². The van der Waals surface area contributed by atoms with Gasteiger partial charge in [0.05, 0.1) is 12.3 Å². The number of carbonyl (C=O) groups excluding carboxylic acids is 1. The van der Waals surface area contributed by atoms with Gasteiger partial charge in [-0.25, -0.2) is 20.4 Å². The molecule has 1 saturated heterocycles. The minimum atomic E-state index is -1.62. The lowest BCUT2D eigenvalue weighted by molar-refractivity contribution is -0.0543. The van der Waals surface area contributed by atoms with Crippen LogP contribution in [0.5, 0.6) is 0 Å². The SMILES string of the molecule is [C-]#[N+]CCOP(O[C@H]1[C@@H](OC)[C@H](n2cc(F)c(NC(=O)c3ccccc3)nc2=O)O[C@@H]1CC)N(C(C)C)C(C)C. The minimum Gasteiger partial charge on any atom is -0.374 e. The van der Waals surface area contributed by atoms with E-state index in [2.05, 4.69) is 19.8 Å². The molecule has 0 saturated carbocycles. The third-order valence-corrected chi connectivity index (χ3v) is 8.40. The van der Waals surface area contributed by atoms with Gasteiger partial charge in [0.2, 0.25) is 6.54 Å². The van der Waals surface area contributed by atoms with E-state index >= 15 is 4.39 Å². The predicted octanol–water partition coefficient (Wildman–Crippen LogP) is 4.62. The van der Waals surface area contributed by atoms with Crippen LogP contribution >= 0.6 is 8.53 Å². The zero-order valence-corrected chi connectivity index (χ0v) is 24.5. The molecule has 1 N–H and O–H groups in total. The van der Waals surface area contributed by atoms with Gasteiger partial charge < -0.3 is 28.7 Å². The molecule has 0 aliphatic carbocycles. The third kappa shape index (κ3) is 7.49. The van der Waals surface area contributed by atoms with E-state index in [1.807, 2.05) is 34.6 Å². The first kappa shape index (κ1) is 31.7. The minimum absolute atomic E-state index is 0.0813. The molecule has 40 heavy (non-hydrogen) atoms. The molecule has 2 aromatic rings. The summed E-state index contributed by atoms with van der Waals surface area (Å²) in [7, 11) is -0.162. The number of amides is 1. The van der Waals surface area contributed by atoms with Gasteiger partial charge in [0.25, 0.3) is 14.4 Å². The van der Waals surface area contributed by atoms with Crippen LogP contribution in [0, 0.1) is 12.4 Å². The first-order valence-electron chi connectivity index (χ1n) is 13.2. The van der Waals surface area contributed by atoms with Crippen LogP contribution < -0.4 is 11.0 Å². The Morgan fingerprint density at radius 2 is 1.93 bits per heavy atom. The van der Waals surface area contributed by atoms with Crippen molar-refractivity contribution in [3.8, 4) is 0 Å². The Hall–Kier alpha value is -2.78. The van der Waals surface area contributed by atoms with Gasteiger partial charge in [0.1, 0.15) is 18.8 Å². The van der Waals surface area contributed by atoms with E-state index in [1.165, 1.54) is 7.11 Å². The van der Waals surface area contributed by atoms with Gasteiger partial charge in [-0.2, -0.15) is 4.98 Å². The van der Waals surface area contributed by atoms with Crippen LogP contribution in [-0.4, -0.2) is 70.8 Å². The molecular formula is C27H37FN5O6P. The van der Waals surface area contributed by atoms with E-state index in [1.54, 1.807) is 30.3 Å². The lowest BCUT2D eigenvalue weighted by Crippen LogP contribution is -2.41. The number of methoxy groups -OCH3 is 1. The first-order chi connectivity index (χ1) is 19.1. The fourth-order valence-corrected chi connectivity index (χ4v) is 6.28. The number of nitrogens with one attached hydrogen (secondary N) is 1. The summed E-state index contributed by atoms with van der Waals surface area (Å²) in [6.45, 7) is 17.5. The van der Waals surface area contributed by atoms with Gasteiger partial charge >= 0.3 is 5.69 Å². The van der Waals surface area contributed by atoms with Crippen molar-refractivity contribution in [1.82, 2.24) is 14.2 Å². The summed E-state index contributed by atoms with van der Waals surface area (Å²) in [6, 6.07) is 8.38. The number of carbonyl (C=O) groups is 1. The van der Waals surface area contributed by atoms with E-state index in [-0.39, 0.29) is 25.2 Å². The van der Waals surface area contributed by atoms with E-state index < -0.39 is 56.3 Å². The van der Waals surface area contributed by atoms with Crippen LogP contribution in [0.3, 0.4) is 0 Å². The summed E-state index contributed by atoms with van der Waals surface area (Å²) >= 11 is 0. The molecule has 0 bridgehead atoms. The second-order valence-electron chi connectivity index (χ2n) is 9.71. The van der Waals surface area contributed by atoms with Crippen LogP contribution in [-0.2, 0) is 18.5 Å². The highest BCUT2D eigenvalue weighted by Crippen LogP contribution is 2.50. The molecule has 218 valence electrons. The Kier molecular flexibility index (Phi) is 11.7. The van der Waals surface area contributed by atoms with Crippen molar-refractivity contribution in [3.05, 3.63) is 69.8 Å². The second-order valence-corrected chi connectivity index (χ2v) is 11.1. The lowest BCUT2D eigenvalue weighted by atomic mass is 10.1. The Balaban J connectivity index is 1.89. The van der Waals surface area contributed by atoms with E-state index in [0.717, 1.165) is 10.8 Å². The number of ether oxygens (including phenoxy) is 2. The third-order valence-electron chi connectivity index (χ3n) is 6.27. The van der Waals surface area contributed by atoms with Crippen LogP contribution in [0.4, 0.5) is 10.2 Å². The second kappa shape index (κ2) is 14.7. The smallest absolute Gasteiger partial charge is 0.351 e. The number of hydrogen-bond acceptors (Lipinski definition) is 8. The van der Waals surface area contributed by atoms with E-state index in [4.69, 9.17) is 25.1 Å². The number of hydrogen-bond donors (Lipinski definition) is 1. The van der Waals surface area contributed by atoms with Crippen LogP contribution in [0.2, 0.25) is 0 Å². The molecule has 1 fully saturated rings. The topological polar surface area (TPSA) is 109 Å². The summed E-state index contributed by atoms with van der Waals surface area (Å²) < 4.78 is 42.7. The normalized spacial score (nSPS) is 21.6. The highest BCUT2D eigenvalue weighted by molar-refractivity contribution is 7.44. The Labute approximate surface area is 235 Å². The molecule has 1 aromatic heterocycles. The Bertz CT molecular complexity index is 1220. The van der Waals surface area contributed by atoms with Crippen molar-refractivity contribution < 1.29 is 27.7 Å². The zero-order valence-electron chi connectivity index (χ0n) is 23.6. The molecule has 1 aliphatic rings. The molecule has 1 aromatic carbocycles. The van der Waals surface area contributed by atoms with Crippen LogP contribution in [0.25, 0.3) is 4.85 Å².